The van der Waals surface area contributed by atoms with Crippen molar-refractivity contribution in [2.75, 3.05) is 27.3 Å². The maximum Gasteiger partial charge on any atom is 0.0462 e. The molecule has 1 saturated carbocycles. The Balaban J connectivity index is 2.32. The van der Waals surface area contributed by atoms with Crippen LogP contribution >= 0.6 is 0 Å². The van der Waals surface area contributed by atoms with Gasteiger partial charge in [0, 0.05) is 13.7 Å². The second kappa shape index (κ2) is 8.12. The molecule has 0 radical (unpaired) electrons. The molecule has 1 aliphatic rings. The maximum absolute atomic E-state index is 5.14. The molecule has 0 amide bonds. The van der Waals surface area contributed by atoms with Crippen LogP contribution < -0.4 is 5.32 Å². The fourth-order valence-electron chi connectivity index (χ4n) is 2.86. The topological polar surface area (TPSA) is 21.3 Å². The molecule has 2 heteroatoms. The van der Waals surface area contributed by atoms with E-state index in [1.807, 2.05) is 0 Å². The van der Waals surface area contributed by atoms with Crippen molar-refractivity contribution < 1.29 is 4.74 Å². The molecular weight excluding hydrogens is 186 g/mol. The molecule has 0 heterocycles. The summed E-state index contributed by atoms with van der Waals surface area (Å²) in [5.41, 5.74) is 0. The molecular formula is C13H27NO. The van der Waals surface area contributed by atoms with Crippen molar-refractivity contribution >= 4 is 0 Å². The molecule has 2 atom stereocenters. The van der Waals surface area contributed by atoms with E-state index in [2.05, 4.69) is 12.4 Å². The fraction of sp³-hybridized carbons (Fsp3) is 1.00. The molecule has 1 aliphatic carbocycles. The van der Waals surface area contributed by atoms with Crippen molar-refractivity contribution in [3.63, 3.8) is 0 Å². The van der Waals surface area contributed by atoms with Gasteiger partial charge < -0.3 is 10.1 Å². The zero-order chi connectivity index (χ0) is 10.9. The average molecular weight is 213 g/mol. The molecule has 1 N–H and O–H groups in total. The Hall–Kier alpha value is -0.0800. The first-order chi connectivity index (χ1) is 7.38. The quantitative estimate of drug-likeness (QED) is 0.541. The van der Waals surface area contributed by atoms with E-state index in [1.54, 1.807) is 7.11 Å². The fourth-order valence-corrected chi connectivity index (χ4v) is 2.86. The van der Waals surface area contributed by atoms with E-state index in [-0.39, 0.29) is 0 Å². The number of nitrogens with one attached hydrogen (secondary N) is 1. The van der Waals surface area contributed by atoms with Crippen molar-refractivity contribution in [3.05, 3.63) is 0 Å². The van der Waals surface area contributed by atoms with E-state index < -0.39 is 0 Å². The van der Waals surface area contributed by atoms with Crippen LogP contribution in [0.1, 0.15) is 44.9 Å². The van der Waals surface area contributed by atoms with Crippen LogP contribution in [0.15, 0.2) is 0 Å². The minimum Gasteiger partial charge on any atom is -0.385 e. The number of hydrogen-bond acceptors (Lipinski definition) is 2. The van der Waals surface area contributed by atoms with E-state index in [0.717, 1.165) is 18.4 Å². The van der Waals surface area contributed by atoms with Crippen LogP contribution in [-0.2, 0) is 4.74 Å². The van der Waals surface area contributed by atoms with Gasteiger partial charge in [0.15, 0.2) is 0 Å². The number of rotatable bonds is 6. The van der Waals surface area contributed by atoms with E-state index in [4.69, 9.17) is 4.74 Å². The first-order valence-electron chi connectivity index (χ1n) is 6.52. The molecule has 0 aromatic heterocycles. The highest BCUT2D eigenvalue weighted by Gasteiger charge is 2.22. The predicted molar refractivity (Wildman–Crippen MR) is 65.1 cm³/mol. The molecule has 15 heavy (non-hydrogen) atoms. The van der Waals surface area contributed by atoms with Crippen LogP contribution in [0.25, 0.3) is 0 Å². The molecule has 1 fully saturated rings. The average Bonchev–Trinajstić information content (AvgIpc) is 2.45. The summed E-state index contributed by atoms with van der Waals surface area (Å²) < 4.78 is 5.14. The summed E-state index contributed by atoms with van der Waals surface area (Å²) >= 11 is 0. The van der Waals surface area contributed by atoms with Crippen LogP contribution in [0.5, 0.6) is 0 Å². The van der Waals surface area contributed by atoms with Gasteiger partial charge in [0.1, 0.15) is 0 Å². The smallest absolute Gasteiger partial charge is 0.0462 e. The molecule has 0 aliphatic heterocycles. The lowest BCUT2D eigenvalue weighted by molar-refractivity contribution is 0.176. The van der Waals surface area contributed by atoms with Crippen molar-refractivity contribution in [2.24, 2.45) is 11.8 Å². The van der Waals surface area contributed by atoms with E-state index >= 15 is 0 Å². The Bertz CT molecular complexity index is 149. The van der Waals surface area contributed by atoms with Crippen LogP contribution in [0.2, 0.25) is 0 Å². The van der Waals surface area contributed by atoms with Gasteiger partial charge in [-0.2, -0.15) is 0 Å². The van der Waals surface area contributed by atoms with E-state index in [0.29, 0.717) is 0 Å². The lowest BCUT2D eigenvalue weighted by atomic mass is 9.84. The summed E-state index contributed by atoms with van der Waals surface area (Å²) in [4.78, 5) is 0. The van der Waals surface area contributed by atoms with Crippen molar-refractivity contribution in [1.82, 2.24) is 5.32 Å². The molecule has 2 nitrogen and oxygen atoms in total. The highest BCUT2D eigenvalue weighted by molar-refractivity contribution is 4.75. The second-order valence-electron chi connectivity index (χ2n) is 4.85. The summed E-state index contributed by atoms with van der Waals surface area (Å²) in [5, 5.41) is 3.35. The predicted octanol–water partition coefficient (Wildman–Crippen LogP) is 2.83. The minimum atomic E-state index is 0.911. The summed E-state index contributed by atoms with van der Waals surface area (Å²) in [7, 11) is 3.88. The summed E-state index contributed by atoms with van der Waals surface area (Å²) in [6, 6.07) is 0. The first kappa shape index (κ1) is 13.0. The molecule has 0 saturated heterocycles. The maximum atomic E-state index is 5.14. The van der Waals surface area contributed by atoms with Gasteiger partial charge in [-0.05, 0) is 44.7 Å². The number of hydrogen-bond donors (Lipinski definition) is 1. The third kappa shape index (κ3) is 4.98. The van der Waals surface area contributed by atoms with Crippen molar-refractivity contribution in [2.45, 2.75) is 44.9 Å². The number of methoxy groups -OCH3 is 1. The van der Waals surface area contributed by atoms with Gasteiger partial charge in [-0.25, -0.2) is 0 Å². The van der Waals surface area contributed by atoms with Crippen LogP contribution in [0, 0.1) is 11.8 Å². The lowest BCUT2D eigenvalue weighted by Crippen LogP contribution is -2.25. The van der Waals surface area contributed by atoms with Gasteiger partial charge in [0.05, 0.1) is 0 Å². The van der Waals surface area contributed by atoms with Gasteiger partial charge in [-0.3, -0.25) is 0 Å². The third-order valence-corrected chi connectivity index (χ3v) is 3.71. The van der Waals surface area contributed by atoms with Gasteiger partial charge in [-0.1, -0.05) is 25.7 Å². The van der Waals surface area contributed by atoms with Crippen LogP contribution in [-0.4, -0.2) is 27.3 Å². The first-order valence-corrected chi connectivity index (χ1v) is 6.52. The Kier molecular flexibility index (Phi) is 7.03. The standard InChI is InChI=1S/C13H27NO/c1-14-11-13-8-5-3-4-7-12(13)9-6-10-15-2/h12-14H,3-11H2,1-2H3. The molecule has 2 unspecified atom stereocenters. The van der Waals surface area contributed by atoms with Gasteiger partial charge in [-0.15, -0.1) is 0 Å². The SMILES string of the molecule is CNCC1CCCCCC1CCCOC. The van der Waals surface area contributed by atoms with E-state index in [9.17, 15) is 0 Å². The highest BCUT2D eigenvalue weighted by atomic mass is 16.5. The lowest BCUT2D eigenvalue weighted by Gasteiger charge is -2.24. The summed E-state index contributed by atoms with van der Waals surface area (Å²) in [6.45, 7) is 2.14. The van der Waals surface area contributed by atoms with Crippen LogP contribution in [0.3, 0.4) is 0 Å². The Labute approximate surface area is 94.8 Å². The van der Waals surface area contributed by atoms with Crippen molar-refractivity contribution in [1.29, 1.82) is 0 Å². The third-order valence-electron chi connectivity index (χ3n) is 3.71. The van der Waals surface area contributed by atoms with Gasteiger partial charge >= 0.3 is 0 Å². The summed E-state index contributed by atoms with van der Waals surface area (Å²) in [6.07, 6.45) is 9.79. The summed E-state index contributed by atoms with van der Waals surface area (Å²) in [5.74, 6) is 1.85. The Morgan fingerprint density at radius 3 is 2.53 bits per heavy atom. The monoisotopic (exact) mass is 213 g/mol. The molecule has 90 valence electrons. The van der Waals surface area contributed by atoms with Crippen molar-refractivity contribution in [3.8, 4) is 0 Å². The largest absolute Gasteiger partial charge is 0.385 e. The zero-order valence-electron chi connectivity index (χ0n) is 10.4. The molecule has 0 spiro atoms. The molecule has 0 aromatic rings. The molecule has 1 rings (SSSR count). The minimum absolute atomic E-state index is 0.911. The number of ether oxygens (including phenoxy) is 1. The van der Waals surface area contributed by atoms with E-state index in [1.165, 1.54) is 51.5 Å². The Morgan fingerprint density at radius 2 is 1.87 bits per heavy atom. The van der Waals surface area contributed by atoms with Gasteiger partial charge in [0.25, 0.3) is 0 Å². The van der Waals surface area contributed by atoms with Gasteiger partial charge in [0.2, 0.25) is 0 Å². The highest BCUT2D eigenvalue weighted by Crippen LogP contribution is 2.31. The molecule has 0 aromatic carbocycles. The Morgan fingerprint density at radius 1 is 1.13 bits per heavy atom. The second-order valence-corrected chi connectivity index (χ2v) is 4.85. The molecule has 0 bridgehead atoms. The zero-order valence-corrected chi connectivity index (χ0v) is 10.4. The normalized spacial score (nSPS) is 27.6. The van der Waals surface area contributed by atoms with Crippen LogP contribution in [0.4, 0.5) is 0 Å².